The lowest BCUT2D eigenvalue weighted by atomic mass is 10.2. The first-order chi connectivity index (χ1) is 12.3. The zero-order valence-electron chi connectivity index (χ0n) is 14.3. The van der Waals surface area contributed by atoms with Crippen LogP contribution in [0, 0.1) is 0 Å². The quantitative estimate of drug-likeness (QED) is 0.860. The molecule has 7 nitrogen and oxygen atoms in total. The van der Waals surface area contributed by atoms with Gasteiger partial charge in [-0.25, -0.2) is 9.97 Å². The van der Waals surface area contributed by atoms with Crippen molar-refractivity contribution in [3.05, 3.63) is 47.8 Å². The molecule has 0 spiro atoms. The van der Waals surface area contributed by atoms with Gasteiger partial charge in [-0.15, -0.1) is 0 Å². The van der Waals surface area contributed by atoms with Crippen LogP contribution >= 0.6 is 0 Å². The molecule has 3 rings (SSSR count). The van der Waals surface area contributed by atoms with Crippen LogP contribution in [-0.2, 0) is 11.3 Å². The molecule has 1 fully saturated rings. The van der Waals surface area contributed by atoms with Crippen molar-refractivity contribution in [2.24, 2.45) is 0 Å². The second-order valence-corrected chi connectivity index (χ2v) is 5.59. The van der Waals surface area contributed by atoms with E-state index in [1.165, 1.54) is 6.20 Å². The molecule has 0 bridgehead atoms. The maximum absolute atomic E-state index is 12.3. The molecular formula is C18H22N4O3. The van der Waals surface area contributed by atoms with E-state index in [-0.39, 0.29) is 5.91 Å². The Kier molecular flexibility index (Phi) is 5.79. The summed E-state index contributed by atoms with van der Waals surface area (Å²) in [5.41, 5.74) is 1.48. The van der Waals surface area contributed by atoms with Gasteiger partial charge in [0.15, 0.2) is 0 Å². The van der Waals surface area contributed by atoms with E-state index < -0.39 is 0 Å². The summed E-state index contributed by atoms with van der Waals surface area (Å²) in [6, 6.07) is 7.26. The minimum absolute atomic E-state index is 0.174. The first kappa shape index (κ1) is 17.2. The fourth-order valence-electron chi connectivity index (χ4n) is 2.65. The molecule has 3 heterocycles. The number of ether oxygens (including phenoxy) is 2. The van der Waals surface area contributed by atoms with Gasteiger partial charge in [0.25, 0.3) is 5.91 Å². The third kappa shape index (κ3) is 4.45. The van der Waals surface area contributed by atoms with Gasteiger partial charge >= 0.3 is 0 Å². The number of rotatable bonds is 6. The third-order valence-corrected chi connectivity index (χ3v) is 3.91. The monoisotopic (exact) mass is 342 g/mol. The Bertz CT molecular complexity index is 700. The zero-order valence-corrected chi connectivity index (χ0v) is 14.3. The first-order valence-corrected chi connectivity index (χ1v) is 8.41. The molecule has 0 atom stereocenters. The van der Waals surface area contributed by atoms with Crippen molar-refractivity contribution >= 4 is 11.7 Å². The first-order valence-electron chi connectivity index (χ1n) is 8.41. The molecule has 2 aromatic rings. The fraction of sp³-hybridized carbons (Fsp3) is 0.389. The molecular weight excluding hydrogens is 320 g/mol. The third-order valence-electron chi connectivity index (χ3n) is 3.91. The largest absolute Gasteiger partial charge is 0.478 e. The van der Waals surface area contributed by atoms with Gasteiger partial charge in [0, 0.05) is 43.7 Å². The van der Waals surface area contributed by atoms with E-state index in [2.05, 4.69) is 20.2 Å². The average Bonchev–Trinajstić information content (AvgIpc) is 2.68. The molecule has 1 saturated heterocycles. The lowest BCUT2D eigenvalue weighted by Crippen LogP contribution is -2.37. The van der Waals surface area contributed by atoms with Crippen LogP contribution in [0.3, 0.4) is 0 Å². The van der Waals surface area contributed by atoms with Crippen LogP contribution in [0.5, 0.6) is 5.88 Å². The zero-order chi connectivity index (χ0) is 17.5. The summed E-state index contributed by atoms with van der Waals surface area (Å²) in [5, 5.41) is 2.93. The summed E-state index contributed by atoms with van der Waals surface area (Å²) in [4.78, 5) is 23.1. The molecule has 132 valence electrons. The standard InChI is InChI=1S/C18H22N4O3/c1-2-25-16-6-5-15(13-20-16)18(23)21-12-14-4-3-7-19-17(14)22-8-10-24-11-9-22/h3-7,13H,2,8-12H2,1H3,(H,21,23). The van der Waals surface area contributed by atoms with Crippen LogP contribution in [0.25, 0.3) is 0 Å². The van der Waals surface area contributed by atoms with Crippen LogP contribution < -0.4 is 15.0 Å². The van der Waals surface area contributed by atoms with Gasteiger partial charge < -0.3 is 19.7 Å². The highest BCUT2D eigenvalue weighted by atomic mass is 16.5. The number of anilines is 1. The molecule has 25 heavy (non-hydrogen) atoms. The molecule has 0 aromatic carbocycles. The Labute approximate surface area is 147 Å². The number of carbonyl (C=O) groups excluding carboxylic acids is 1. The highest BCUT2D eigenvalue weighted by Crippen LogP contribution is 2.18. The van der Waals surface area contributed by atoms with E-state index in [9.17, 15) is 4.79 Å². The normalized spacial score (nSPS) is 14.2. The van der Waals surface area contributed by atoms with Gasteiger partial charge in [-0.3, -0.25) is 4.79 Å². The number of amides is 1. The van der Waals surface area contributed by atoms with Crippen LogP contribution in [0.2, 0.25) is 0 Å². The van der Waals surface area contributed by atoms with Crippen molar-refractivity contribution in [2.45, 2.75) is 13.5 Å². The molecule has 7 heteroatoms. The van der Waals surface area contributed by atoms with Crippen LogP contribution in [0.15, 0.2) is 36.7 Å². The van der Waals surface area contributed by atoms with Crippen molar-refractivity contribution < 1.29 is 14.3 Å². The highest BCUT2D eigenvalue weighted by Gasteiger charge is 2.16. The van der Waals surface area contributed by atoms with Gasteiger partial charge in [-0.1, -0.05) is 6.07 Å². The molecule has 0 radical (unpaired) electrons. The number of nitrogens with zero attached hydrogens (tertiary/aromatic N) is 3. The molecule has 1 amide bonds. The SMILES string of the molecule is CCOc1ccc(C(=O)NCc2cccnc2N2CCOCC2)cn1. The van der Waals surface area contributed by atoms with E-state index in [0.29, 0.717) is 37.8 Å². The predicted octanol–water partition coefficient (Wildman–Crippen LogP) is 1.64. The van der Waals surface area contributed by atoms with Crippen molar-refractivity contribution in [2.75, 3.05) is 37.8 Å². The second-order valence-electron chi connectivity index (χ2n) is 5.59. The van der Waals surface area contributed by atoms with Gasteiger partial charge in [-0.2, -0.15) is 0 Å². The summed E-state index contributed by atoms with van der Waals surface area (Å²) in [6.45, 7) is 5.85. The molecule has 1 N–H and O–H groups in total. The summed E-state index contributed by atoms with van der Waals surface area (Å²) in [6.07, 6.45) is 3.29. The summed E-state index contributed by atoms with van der Waals surface area (Å²) < 4.78 is 10.7. The number of nitrogens with one attached hydrogen (secondary N) is 1. The summed E-state index contributed by atoms with van der Waals surface area (Å²) >= 11 is 0. The number of hydrogen-bond donors (Lipinski definition) is 1. The van der Waals surface area contributed by atoms with Crippen LogP contribution in [0.1, 0.15) is 22.8 Å². The Morgan fingerprint density at radius 1 is 1.28 bits per heavy atom. The Hall–Kier alpha value is -2.67. The smallest absolute Gasteiger partial charge is 0.253 e. The van der Waals surface area contributed by atoms with Crippen molar-refractivity contribution in [3.63, 3.8) is 0 Å². The maximum atomic E-state index is 12.3. The molecule has 1 aliphatic heterocycles. The molecule has 1 aliphatic rings. The van der Waals surface area contributed by atoms with Gasteiger partial charge in [0.2, 0.25) is 5.88 Å². The van der Waals surface area contributed by atoms with Crippen LogP contribution in [-0.4, -0.2) is 48.8 Å². The van der Waals surface area contributed by atoms with E-state index in [0.717, 1.165) is 24.5 Å². The average molecular weight is 342 g/mol. The number of aromatic nitrogens is 2. The van der Waals surface area contributed by atoms with E-state index in [1.807, 2.05) is 19.1 Å². The van der Waals surface area contributed by atoms with Crippen molar-refractivity contribution in [3.8, 4) is 5.88 Å². The number of morpholine rings is 1. The number of carbonyl (C=O) groups is 1. The van der Waals surface area contributed by atoms with E-state index in [1.54, 1.807) is 18.3 Å². The summed E-state index contributed by atoms with van der Waals surface area (Å²) in [7, 11) is 0. The van der Waals surface area contributed by atoms with Gasteiger partial charge in [-0.05, 0) is 19.1 Å². The van der Waals surface area contributed by atoms with Crippen molar-refractivity contribution in [1.29, 1.82) is 0 Å². The van der Waals surface area contributed by atoms with Crippen molar-refractivity contribution in [1.82, 2.24) is 15.3 Å². The number of hydrogen-bond acceptors (Lipinski definition) is 6. The minimum atomic E-state index is -0.174. The second kappa shape index (κ2) is 8.43. The molecule has 0 aliphatic carbocycles. The predicted molar refractivity (Wildman–Crippen MR) is 93.8 cm³/mol. The maximum Gasteiger partial charge on any atom is 0.253 e. The molecule has 0 saturated carbocycles. The van der Waals surface area contributed by atoms with Crippen LogP contribution in [0.4, 0.5) is 5.82 Å². The topological polar surface area (TPSA) is 76.6 Å². The molecule has 0 unspecified atom stereocenters. The van der Waals surface area contributed by atoms with E-state index in [4.69, 9.17) is 9.47 Å². The lowest BCUT2D eigenvalue weighted by molar-refractivity contribution is 0.0950. The Morgan fingerprint density at radius 3 is 2.84 bits per heavy atom. The summed E-state index contributed by atoms with van der Waals surface area (Å²) in [5.74, 6) is 1.24. The van der Waals surface area contributed by atoms with Gasteiger partial charge in [0.05, 0.1) is 25.4 Å². The lowest BCUT2D eigenvalue weighted by Gasteiger charge is -2.29. The Balaban J connectivity index is 1.64. The highest BCUT2D eigenvalue weighted by molar-refractivity contribution is 5.93. The van der Waals surface area contributed by atoms with E-state index >= 15 is 0 Å². The van der Waals surface area contributed by atoms with Gasteiger partial charge in [0.1, 0.15) is 5.82 Å². The number of pyridine rings is 2. The Morgan fingerprint density at radius 2 is 2.12 bits per heavy atom. The molecule has 2 aromatic heterocycles. The minimum Gasteiger partial charge on any atom is -0.478 e. The fourth-order valence-corrected chi connectivity index (χ4v) is 2.65.